The van der Waals surface area contributed by atoms with Gasteiger partial charge in [-0.15, -0.1) is 0 Å². The number of ether oxygens (including phenoxy) is 1. The van der Waals surface area contributed by atoms with Crippen molar-refractivity contribution in [2.24, 2.45) is 0 Å². The summed E-state index contributed by atoms with van der Waals surface area (Å²) in [5, 5.41) is 6.27. The smallest absolute Gasteiger partial charge is 0.265 e. The number of benzene rings is 2. The highest BCUT2D eigenvalue weighted by Crippen LogP contribution is 2.26. The van der Waals surface area contributed by atoms with Gasteiger partial charge in [-0.3, -0.25) is 9.59 Å². The minimum absolute atomic E-state index is 0.137. The predicted octanol–water partition coefficient (Wildman–Crippen LogP) is 4.75. The molecule has 2 rings (SSSR count). The second-order valence-electron chi connectivity index (χ2n) is 5.31. The number of hydrogen-bond donors (Lipinski definition) is 2. The van der Waals surface area contributed by atoms with E-state index in [4.69, 9.17) is 27.9 Å². The first-order chi connectivity index (χ1) is 11.9. The number of rotatable bonds is 6. The molecule has 0 bridgehead atoms. The number of carbonyl (C=O) groups is 2. The fourth-order valence-corrected chi connectivity index (χ4v) is 2.55. The first-order valence-corrected chi connectivity index (χ1v) is 8.47. The molecule has 0 aliphatic carbocycles. The molecule has 0 aromatic heterocycles. The number of anilines is 2. The summed E-state index contributed by atoms with van der Waals surface area (Å²) in [7, 11) is 0. The van der Waals surface area contributed by atoms with Gasteiger partial charge in [0.05, 0.1) is 5.69 Å². The Balaban J connectivity index is 2.07. The highest BCUT2D eigenvalue weighted by atomic mass is 35.5. The summed E-state index contributed by atoms with van der Waals surface area (Å²) < 4.78 is 5.69. The number of para-hydroxylation sites is 2. The number of amides is 2. The predicted molar refractivity (Wildman–Crippen MR) is 101 cm³/mol. The van der Waals surface area contributed by atoms with Gasteiger partial charge < -0.3 is 15.4 Å². The molecule has 1 atom stereocenters. The zero-order chi connectivity index (χ0) is 18.4. The molecule has 0 saturated heterocycles. The molecule has 5 nitrogen and oxygen atoms in total. The van der Waals surface area contributed by atoms with E-state index in [1.165, 1.54) is 0 Å². The highest BCUT2D eigenvalue weighted by Gasteiger charge is 2.17. The maximum absolute atomic E-state index is 12.3. The minimum atomic E-state index is -0.794. The second kappa shape index (κ2) is 8.74. The lowest BCUT2D eigenvalue weighted by Gasteiger charge is -2.17. The molecule has 0 spiro atoms. The molecule has 2 aromatic rings. The van der Waals surface area contributed by atoms with Crippen LogP contribution in [0.3, 0.4) is 0 Å². The van der Waals surface area contributed by atoms with Gasteiger partial charge in [0, 0.05) is 22.2 Å². The topological polar surface area (TPSA) is 67.4 Å². The fourth-order valence-electron chi connectivity index (χ4n) is 2.03. The van der Waals surface area contributed by atoms with Crippen molar-refractivity contribution in [3.63, 3.8) is 0 Å². The van der Waals surface area contributed by atoms with Crippen molar-refractivity contribution in [2.75, 3.05) is 10.6 Å². The van der Waals surface area contributed by atoms with Gasteiger partial charge >= 0.3 is 0 Å². The summed E-state index contributed by atoms with van der Waals surface area (Å²) in [5.41, 5.74) is 0.991. The summed E-state index contributed by atoms with van der Waals surface area (Å²) in [4.78, 5) is 23.9. The number of hydrogen-bond acceptors (Lipinski definition) is 3. The second-order valence-corrected chi connectivity index (χ2v) is 6.18. The van der Waals surface area contributed by atoms with E-state index in [2.05, 4.69) is 10.6 Å². The fraction of sp³-hybridized carbons (Fsp3) is 0.222. The van der Waals surface area contributed by atoms with Crippen LogP contribution < -0.4 is 15.4 Å². The SMILES string of the molecule is CCC(=O)Nc1ccccc1OC(C)C(=O)Nc1cc(Cl)cc(Cl)c1. The maximum Gasteiger partial charge on any atom is 0.265 e. The van der Waals surface area contributed by atoms with Gasteiger partial charge in [-0.1, -0.05) is 42.3 Å². The van der Waals surface area contributed by atoms with Crippen LogP contribution in [0.5, 0.6) is 5.75 Å². The van der Waals surface area contributed by atoms with Crippen molar-refractivity contribution in [3.8, 4) is 5.75 Å². The molecule has 0 radical (unpaired) electrons. The average molecular weight is 381 g/mol. The molecule has 25 heavy (non-hydrogen) atoms. The Bertz CT molecular complexity index is 760. The Hall–Kier alpha value is -2.24. The summed E-state index contributed by atoms with van der Waals surface area (Å²) in [6.07, 6.45) is -0.447. The summed E-state index contributed by atoms with van der Waals surface area (Å²) in [6, 6.07) is 11.7. The lowest BCUT2D eigenvalue weighted by molar-refractivity contribution is -0.122. The monoisotopic (exact) mass is 380 g/mol. The van der Waals surface area contributed by atoms with E-state index in [1.54, 1.807) is 56.3 Å². The van der Waals surface area contributed by atoms with Gasteiger partial charge in [-0.2, -0.15) is 0 Å². The minimum Gasteiger partial charge on any atom is -0.479 e. The van der Waals surface area contributed by atoms with Crippen molar-refractivity contribution >= 4 is 46.4 Å². The van der Waals surface area contributed by atoms with Crippen molar-refractivity contribution in [2.45, 2.75) is 26.4 Å². The molecule has 2 N–H and O–H groups in total. The van der Waals surface area contributed by atoms with Crippen LogP contribution >= 0.6 is 23.2 Å². The first-order valence-electron chi connectivity index (χ1n) is 7.71. The zero-order valence-corrected chi connectivity index (χ0v) is 15.3. The van der Waals surface area contributed by atoms with E-state index in [0.29, 0.717) is 33.6 Å². The number of halogens is 2. The third kappa shape index (κ3) is 5.66. The average Bonchev–Trinajstić information content (AvgIpc) is 2.55. The van der Waals surface area contributed by atoms with Gasteiger partial charge in [0.2, 0.25) is 5.91 Å². The summed E-state index contributed by atoms with van der Waals surface area (Å²) >= 11 is 11.8. The molecule has 0 fully saturated rings. The van der Waals surface area contributed by atoms with Crippen LogP contribution in [-0.4, -0.2) is 17.9 Å². The Morgan fingerprint density at radius 2 is 1.72 bits per heavy atom. The lowest BCUT2D eigenvalue weighted by Crippen LogP contribution is -2.30. The molecule has 0 saturated carbocycles. The standard InChI is InChI=1S/C18H18Cl2N2O3/c1-3-17(23)22-15-6-4-5-7-16(15)25-11(2)18(24)21-14-9-12(19)8-13(20)10-14/h4-11H,3H2,1-2H3,(H,21,24)(H,22,23). The van der Waals surface area contributed by atoms with Gasteiger partial charge in [0.1, 0.15) is 5.75 Å². The Morgan fingerprint density at radius 3 is 2.36 bits per heavy atom. The van der Waals surface area contributed by atoms with E-state index in [1.807, 2.05) is 0 Å². The number of carbonyl (C=O) groups excluding carboxylic acids is 2. The summed E-state index contributed by atoms with van der Waals surface area (Å²) in [6.45, 7) is 3.37. The Labute approximate surface area is 156 Å². The van der Waals surface area contributed by atoms with Crippen LogP contribution in [0, 0.1) is 0 Å². The van der Waals surface area contributed by atoms with E-state index < -0.39 is 6.10 Å². The Kier molecular flexibility index (Phi) is 6.67. The molecule has 0 aliphatic heterocycles. The van der Waals surface area contributed by atoms with Gasteiger partial charge in [-0.05, 0) is 37.3 Å². The molecule has 1 unspecified atom stereocenters. The zero-order valence-electron chi connectivity index (χ0n) is 13.8. The first kappa shape index (κ1) is 19.1. The molecular weight excluding hydrogens is 363 g/mol. The van der Waals surface area contributed by atoms with E-state index in [-0.39, 0.29) is 11.8 Å². The third-order valence-electron chi connectivity index (χ3n) is 3.29. The molecule has 2 amide bonds. The van der Waals surface area contributed by atoms with E-state index in [0.717, 1.165) is 0 Å². The highest BCUT2D eigenvalue weighted by molar-refractivity contribution is 6.35. The van der Waals surface area contributed by atoms with Crippen LogP contribution in [-0.2, 0) is 9.59 Å². The van der Waals surface area contributed by atoms with Crippen molar-refractivity contribution in [1.29, 1.82) is 0 Å². The molecule has 0 aliphatic rings. The molecular formula is C18H18Cl2N2O3. The van der Waals surface area contributed by atoms with Crippen LogP contribution in [0.4, 0.5) is 11.4 Å². The van der Waals surface area contributed by atoms with Crippen molar-refractivity contribution in [3.05, 3.63) is 52.5 Å². The van der Waals surface area contributed by atoms with Crippen molar-refractivity contribution < 1.29 is 14.3 Å². The van der Waals surface area contributed by atoms with Gasteiger partial charge in [0.25, 0.3) is 5.91 Å². The lowest BCUT2D eigenvalue weighted by atomic mass is 10.2. The van der Waals surface area contributed by atoms with Crippen LogP contribution in [0.2, 0.25) is 10.0 Å². The third-order valence-corrected chi connectivity index (χ3v) is 3.72. The van der Waals surface area contributed by atoms with E-state index >= 15 is 0 Å². The molecule has 0 heterocycles. The maximum atomic E-state index is 12.3. The van der Waals surface area contributed by atoms with Gasteiger partial charge in [0.15, 0.2) is 6.10 Å². The molecule has 132 valence electrons. The molecule has 7 heteroatoms. The Morgan fingerprint density at radius 1 is 1.08 bits per heavy atom. The largest absolute Gasteiger partial charge is 0.479 e. The van der Waals surface area contributed by atoms with E-state index in [9.17, 15) is 9.59 Å². The van der Waals surface area contributed by atoms with Crippen molar-refractivity contribution in [1.82, 2.24) is 0 Å². The quantitative estimate of drug-likeness (QED) is 0.759. The van der Waals surface area contributed by atoms with Crippen LogP contribution in [0.25, 0.3) is 0 Å². The normalized spacial score (nSPS) is 11.5. The summed E-state index contributed by atoms with van der Waals surface area (Å²) in [5.74, 6) is -0.0900. The molecule has 2 aromatic carbocycles. The van der Waals surface area contributed by atoms with Crippen LogP contribution in [0.15, 0.2) is 42.5 Å². The van der Waals surface area contributed by atoms with Crippen LogP contribution in [0.1, 0.15) is 20.3 Å². The number of nitrogens with one attached hydrogen (secondary N) is 2. The van der Waals surface area contributed by atoms with Gasteiger partial charge in [-0.25, -0.2) is 0 Å².